The van der Waals surface area contributed by atoms with Crippen LogP contribution in [0.4, 0.5) is 4.39 Å². The van der Waals surface area contributed by atoms with Crippen LogP contribution in [0, 0.1) is 5.82 Å². The molecule has 1 N–H and O–H groups in total. The van der Waals surface area contributed by atoms with Crippen LogP contribution in [0.1, 0.15) is 0 Å². The fraction of sp³-hybridized carbons (Fsp3) is 0. The van der Waals surface area contributed by atoms with Gasteiger partial charge in [0.05, 0.1) is 9.90 Å². The lowest BCUT2D eigenvalue weighted by Gasteiger charge is -2.02. The van der Waals surface area contributed by atoms with Crippen LogP contribution in [-0.4, -0.2) is 5.11 Å². The third-order valence-electron chi connectivity index (χ3n) is 1.82. The molecule has 0 spiro atoms. The highest BCUT2D eigenvalue weighted by atomic mass is 35.5. The standard InChI is InChI=1S/C10H6ClFOS/c11-8-3-4-14-10(8)7-5-6(12)1-2-9(7)13/h1-5,13H. The van der Waals surface area contributed by atoms with Crippen LogP contribution in [-0.2, 0) is 0 Å². The summed E-state index contributed by atoms with van der Waals surface area (Å²) < 4.78 is 12.9. The molecule has 1 heterocycles. The topological polar surface area (TPSA) is 20.2 Å². The second-order valence-corrected chi connectivity index (χ2v) is 4.08. The third kappa shape index (κ3) is 1.61. The maximum absolute atomic E-state index is 12.9. The molecule has 0 amide bonds. The van der Waals surface area contributed by atoms with Crippen LogP contribution < -0.4 is 0 Å². The van der Waals surface area contributed by atoms with Crippen molar-refractivity contribution in [1.29, 1.82) is 0 Å². The first kappa shape index (κ1) is 9.49. The van der Waals surface area contributed by atoms with Gasteiger partial charge in [-0.1, -0.05) is 11.6 Å². The van der Waals surface area contributed by atoms with Crippen molar-refractivity contribution in [2.24, 2.45) is 0 Å². The fourth-order valence-corrected chi connectivity index (χ4v) is 2.36. The van der Waals surface area contributed by atoms with Crippen molar-refractivity contribution in [3.8, 4) is 16.2 Å². The van der Waals surface area contributed by atoms with Crippen molar-refractivity contribution in [3.63, 3.8) is 0 Å². The van der Waals surface area contributed by atoms with Crippen LogP contribution >= 0.6 is 22.9 Å². The second-order valence-electron chi connectivity index (χ2n) is 2.76. The Morgan fingerprint density at radius 2 is 2.07 bits per heavy atom. The molecular weight excluding hydrogens is 223 g/mol. The molecule has 0 aliphatic heterocycles. The summed E-state index contributed by atoms with van der Waals surface area (Å²) in [6.45, 7) is 0. The fourth-order valence-electron chi connectivity index (χ4n) is 1.18. The molecule has 1 aromatic heterocycles. The Morgan fingerprint density at radius 1 is 1.29 bits per heavy atom. The second kappa shape index (κ2) is 3.59. The summed E-state index contributed by atoms with van der Waals surface area (Å²) in [6, 6.07) is 5.51. The Bertz CT molecular complexity index is 467. The normalized spacial score (nSPS) is 10.4. The minimum absolute atomic E-state index is 0.0377. The Morgan fingerprint density at radius 3 is 2.71 bits per heavy atom. The summed E-state index contributed by atoms with van der Waals surface area (Å²) in [5.41, 5.74) is 0.435. The zero-order chi connectivity index (χ0) is 10.1. The van der Waals surface area contributed by atoms with Gasteiger partial charge in [0.1, 0.15) is 11.6 Å². The summed E-state index contributed by atoms with van der Waals surface area (Å²) in [5.74, 6) is -0.349. The van der Waals surface area contributed by atoms with E-state index >= 15 is 0 Å². The molecule has 4 heteroatoms. The monoisotopic (exact) mass is 228 g/mol. The van der Waals surface area contributed by atoms with Crippen molar-refractivity contribution in [2.75, 3.05) is 0 Å². The molecule has 0 saturated carbocycles. The Balaban J connectivity index is 2.62. The van der Waals surface area contributed by atoms with E-state index in [1.165, 1.54) is 29.5 Å². The number of rotatable bonds is 1. The predicted molar refractivity (Wildman–Crippen MR) is 56.4 cm³/mol. The van der Waals surface area contributed by atoms with E-state index in [1.807, 2.05) is 0 Å². The van der Waals surface area contributed by atoms with Crippen molar-refractivity contribution < 1.29 is 9.50 Å². The maximum atomic E-state index is 12.9. The van der Waals surface area contributed by atoms with Gasteiger partial charge in [-0.15, -0.1) is 11.3 Å². The van der Waals surface area contributed by atoms with E-state index in [4.69, 9.17) is 11.6 Å². The van der Waals surface area contributed by atoms with Gasteiger partial charge in [-0.05, 0) is 29.6 Å². The number of benzene rings is 1. The lowest BCUT2D eigenvalue weighted by Crippen LogP contribution is -1.78. The number of phenolic OH excluding ortho intramolecular Hbond substituents is 1. The molecule has 72 valence electrons. The quantitative estimate of drug-likeness (QED) is 0.785. The van der Waals surface area contributed by atoms with Crippen LogP contribution in [0.3, 0.4) is 0 Å². The van der Waals surface area contributed by atoms with Gasteiger partial charge < -0.3 is 5.11 Å². The molecule has 14 heavy (non-hydrogen) atoms. The molecular formula is C10H6ClFOS. The Labute approximate surface area is 89.4 Å². The molecule has 2 aromatic rings. The third-order valence-corrected chi connectivity index (χ3v) is 3.20. The van der Waals surface area contributed by atoms with Crippen LogP contribution in [0.2, 0.25) is 5.02 Å². The summed E-state index contributed by atoms with van der Waals surface area (Å²) in [4.78, 5) is 0.684. The van der Waals surface area contributed by atoms with Crippen molar-refractivity contribution in [3.05, 3.63) is 40.5 Å². The van der Waals surface area contributed by atoms with E-state index in [2.05, 4.69) is 0 Å². The number of hydrogen-bond acceptors (Lipinski definition) is 2. The predicted octanol–water partition coefficient (Wildman–Crippen LogP) is 3.91. The van der Waals surface area contributed by atoms with E-state index in [0.717, 1.165) is 0 Å². The molecule has 1 aromatic carbocycles. The summed E-state index contributed by atoms with van der Waals surface area (Å²) in [5, 5.41) is 11.8. The van der Waals surface area contributed by atoms with Gasteiger partial charge in [0, 0.05) is 5.56 Å². The molecule has 0 aliphatic rings. The largest absolute Gasteiger partial charge is 0.507 e. The molecule has 0 bridgehead atoms. The van der Waals surface area contributed by atoms with Crippen LogP contribution in [0.25, 0.3) is 10.4 Å². The van der Waals surface area contributed by atoms with Gasteiger partial charge in [-0.3, -0.25) is 0 Å². The van der Waals surface area contributed by atoms with Crippen molar-refractivity contribution in [1.82, 2.24) is 0 Å². The van der Waals surface area contributed by atoms with Crippen LogP contribution in [0.5, 0.6) is 5.75 Å². The minimum atomic E-state index is -0.387. The molecule has 0 atom stereocenters. The van der Waals surface area contributed by atoms with Gasteiger partial charge >= 0.3 is 0 Å². The van der Waals surface area contributed by atoms with Gasteiger partial charge in [-0.25, -0.2) is 4.39 Å². The van der Waals surface area contributed by atoms with E-state index in [0.29, 0.717) is 15.5 Å². The van der Waals surface area contributed by atoms with Gasteiger partial charge in [0.25, 0.3) is 0 Å². The lowest BCUT2D eigenvalue weighted by atomic mass is 10.1. The summed E-state index contributed by atoms with van der Waals surface area (Å²) in [6.07, 6.45) is 0. The summed E-state index contributed by atoms with van der Waals surface area (Å²) >= 11 is 7.24. The highest BCUT2D eigenvalue weighted by molar-refractivity contribution is 7.14. The average molecular weight is 229 g/mol. The highest BCUT2D eigenvalue weighted by Gasteiger charge is 2.10. The zero-order valence-electron chi connectivity index (χ0n) is 7.00. The molecule has 0 aliphatic carbocycles. The first-order valence-electron chi connectivity index (χ1n) is 3.90. The highest BCUT2D eigenvalue weighted by Crippen LogP contribution is 2.38. The minimum Gasteiger partial charge on any atom is -0.507 e. The number of aromatic hydroxyl groups is 1. The van der Waals surface area contributed by atoms with Crippen molar-refractivity contribution in [2.45, 2.75) is 0 Å². The summed E-state index contributed by atoms with van der Waals surface area (Å²) in [7, 11) is 0. The molecule has 2 rings (SSSR count). The first-order valence-corrected chi connectivity index (χ1v) is 5.16. The number of thiophene rings is 1. The maximum Gasteiger partial charge on any atom is 0.124 e. The lowest BCUT2D eigenvalue weighted by molar-refractivity contribution is 0.475. The van der Waals surface area contributed by atoms with Gasteiger partial charge in [0.2, 0.25) is 0 Å². The SMILES string of the molecule is Oc1ccc(F)cc1-c1sccc1Cl. The van der Waals surface area contributed by atoms with E-state index in [9.17, 15) is 9.50 Å². The van der Waals surface area contributed by atoms with E-state index in [-0.39, 0.29) is 11.6 Å². The first-order chi connectivity index (χ1) is 6.68. The molecule has 1 nitrogen and oxygen atoms in total. The number of hydrogen-bond donors (Lipinski definition) is 1. The number of phenols is 1. The molecule has 0 fully saturated rings. The van der Waals surface area contributed by atoms with E-state index in [1.54, 1.807) is 11.4 Å². The Hall–Kier alpha value is -1.06. The Kier molecular flexibility index (Phi) is 2.44. The average Bonchev–Trinajstić information content (AvgIpc) is 2.56. The van der Waals surface area contributed by atoms with Crippen LogP contribution in [0.15, 0.2) is 29.6 Å². The van der Waals surface area contributed by atoms with Gasteiger partial charge in [-0.2, -0.15) is 0 Å². The van der Waals surface area contributed by atoms with E-state index < -0.39 is 0 Å². The molecule has 0 unspecified atom stereocenters. The number of halogens is 2. The van der Waals surface area contributed by atoms with Gasteiger partial charge in [0.15, 0.2) is 0 Å². The zero-order valence-corrected chi connectivity index (χ0v) is 8.57. The van der Waals surface area contributed by atoms with Crippen molar-refractivity contribution >= 4 is 22.9 Å². The molecule has 0 saturated heterocycles. The molecule has 0 radical (unpaired) electrons. The smallest absolute Gasteiger partial charge is 0.124 e.